The molecule has 3 unspecified atom stereocenters. The Morgan fingerprint density at radius 3 is 2.39 bits per heavy atom. The molecule has 0 aromatic heterocycles. The molecule has 0 aromatic carbocycles. The molecule has 4 heteroatoms. The smallest absolute Gasteiger partial charge is 0.153 e. The van der Waals surface area contributed by atoms with E-state index in [1.54, 1.807) is 0 Å². The van der Waals surface area contributed by atoms with Crippen molar-refractivity contribution in [3.8, 4) is 0 Å². The Bertz CT molecular complexity index is 360. The third kappa shape index (κ3) is 3.27. The molecule has 0 saturated heterocycles. The molecule has 3 nitrogen and oxygen atoms in total. The minimum absolute atomic E-state index is 0.160. The van der Waals surface area contributed by atoms with Crippen LogP contribution in [-0.4, -0.2) is 26.0 Å². The Hall–Kier alpha value is -0.0900. The third-order valence-electron chi connectivity index (χ3n) is 4.90. The second-order valence-corrected chi connectivity index (χ2v) is 8.70. The van der Waals surface area contributed by atoms with Crippen LogP contribution in [0.2, 0.25) is 0 Å². The highest BCUT2D eigenvalue weighted by Crippen LogP contribution is 2.35. The van der Waals surface area contributed by atoms with E-state index >= 15 is 0 Å². The molecule has 3 atom stereocenters. The lowest BCUT2D eigenvalue weighted by molar-refractivity contribution is 0.295. The van der Waals surface area contributed by atoms with E-state index in [0.717, 1.165) is 32.1 Å². The van der Waals surface area contributed by atoms with E-state index in [2.05, 4.69) is 6.92 Å². The number of nitrogens with two attached hydrogens (primary N) is 1. The summed E-state index contributed by atoms with van der Waals surface area (Å²) < 4.78 is 25.2. The van der Waals surface area contributed by atoms with Gasteiger partial charge in [-0.15, -0.1) is 0 Å². The maximum Gasteiger partial charge on any atom is 0.153 e. The first-order chi connectivity index (χ1) is 8.53. The number of hydrogen-bond acceptors (Lipinski definition) is 3. The molecule has 0 aromatic rings. The monoisotopic (exact) mass is 273 g/mol. The maximum absolute atomic E-state index is 12.6. The molecule has 0 amide bonds. The Morgan fingerprint density at radius 2 is 1.78 bits per heavy atom. The van der Waals surface area contributed by atoms with Gasteiger partial charge in [-0.1, -0.05) is 26.2 Å². The van der Waals surface area contributed by atoms with Crippen molar-refractivity contribution in [1.29, 1.82) is 0 Å². The molecule has 0 bridgehead atoms. The Kier molecular flexibility index (Phi) is 4.70. The van der Waals surface area contributed by atoms with Crippen molar-refractivity contribution < 1.29 is 8.42 Å². The summed E-state index contributed by atoms with van der Waals surface area (Å²) in [5, 5.41) is -0.160. The van der Waals surface area contributed by atoms with Gasteiger partial charge < -0.3 is 5.73 Å². The number of hydrogen-bond donors (Lipinski definition) is 1. The molecule has 18 heavy (non-hydrogen) atoms. The molecule has 2 saturated carbocycles. The summed E-state index contributed by atoms with van der Waals surface area (Å²) in [6.45, 7) is 2.70. The summed E-state index contributed by atoms with van der Waals surface area (Å²) in [5.74, 6) is 1.58. The van der Waals surface area contributed by atoms with Crippen LogP contribution in [0.4, 0.5) is 0 Å². The Labute approximate surface area is 111 Å². The van der Waals surface area contributed by atoms with Crippen LogP contribution >= 0.6 is 0 Å². The average molecular weight is 273 g/mol. The van der Waals surface area contributed by atoms with Crippen LogP contribution in [0.25, 0.3) is 0 Å². The summed E-state index contributed by atoms with van der Waals surface area (Å²) >= 11 is 0. The fourth-order valence-electron chi connectivity index (χ4n) is 3.73. The van der Waals surface area contributed by atoms with Gasteiger partial charge in [-0.3, -0.25) is 0 Å². The predicted molar refractivity (Wildman–Crippen MR) is 75.1 cm³/mol. The fraction of sp³-hybridized carbons (Fsp3) is 1.00. The molecule has 2 rings (SSSR count). The summed E-state index contributed by atoms with van der Waals surface area (Å²) in [6.07, 6.45) is 7.59. The van der Waals surface area contributed by atoms with Crippen LogP contribution in [0.1, 0.15) is 51.9 Å². The van der Waals surface area contributed by atoms with Gasteiger partial charge in [-0.2, -0.15) is 0 Å². The van der Waals surface area contributed by atoms with Crippen LogP contribution < -0.4 is 5.73 Å². The third-order valence-corrected chi connectivity index (χ3v) is 7.33. The molecule has 0 heterocycles. The minimum atomic E-state index is -2.94. The standard InChI is InChI=1S/C14H27NO2S/c1-11-6-7-13(9-15)14(8-11)18(16,17)10-12-4-2-3-5-12/h11-14H,2-10,15H2,1H3. The molecule has 106 valence electrons. The topological polar surface area (TPSA) is 60.2 Å². The van der Waals surface area contributed by atoms with Gasteiger partial charge in [0.1, 0.15) is 0 Å². The number of sulfone groups is 1. The van der Waals surface area contributed by atoms with Crippen molar-refractivity contribution >= 4 is 9.84 Å². The zero-order chi connectivity index (χ0) is 13.2. The summed E-state index contributed by atoms with van der Waals surface area (Å²) in [4.78, 5) is 0. The highest BCUT2D eigenvalue weighted by molar-refractivity contribution is 7.92. The van der Waals surface area contributed by atoms with E-state index in [9.17, 15) is 8.42 Å². The van der Waals surface area contributed by atoms with Crippen LogP contribution in [0.15, 0.2) is 0 Å². The van der Waals surface area contributed by atoms with Gasteiger partial charge in [-0.25, -0.2) is 8.42 Å². The van der Waals surface area contributed by atoms with Crippen LogP contribution in [0.3, 0.4) is 0 Å². The Morgan fingerprint density at radius 1 is 1.11 bits per heavy atom. The molecular formula is C14H27NO2S. The summed E-state index contributed by atoms with van der Waals surface area (Å²) in [5.41, 5.74) is 5.78. The van der Waals surface area contributed by atoms with Gasteiger partial charge in [0.05, 0.1) is 11.0 Å². The van der Waals surface area contributed by atoms with E-state index in [0.29, 0.717) is 24.1 Å². The molecule has 2 N–H and O–H groups in total. The zero-order valence-electron chi connectivity index (χ0n) is 11.5. The lowest BCUT2D eigenvalue weighted by atomic mass is 9.82. The normalized spacial score (nSPS) is 34.9. The van der Waals surface area contributed by atoms with Crippen molar-refractivity contribution in [2.24, 2.45) is 23.5 Å². The summed E-state index contributed by atoms with van der Waals surface area (Å²) in [7, 11) is -2.94. The predicted octanol–water partition coefficient (Wildman–Crippen LogP) is 2.35. The van der Waals surface area contributed by atoms with Crippen molar-refractivity contribution in [2.45, 2.75) is 57.1 Å². The van der Waals surface area contributed by atoms with E-state index in [-0.39, 0.29) is 11.2 Å². The van der Waals surface area contributed by atoms with Gasteiger partial charge in [0.2, 0.25) is 0 Å². The van der Waals surface area contributed by atoms with Crippen LogP contribution in [0, 0.1) is 17.8 Å². The Balaban J connectivity index is 2.05. The van der Waals surface area contributed by atoms with Gasteiger partial charge >= 0.3 is 0 Å². The molecule has 0 aliphatic heterocycles. The zero-order valence-corrected chi connectivity index (χ0v) is 12.3. The molecular weight excluding hydrogens is 246 g/mol. The van der Waals surface area contributed by atoms with Gasteiger partial charge in [-0.05, 0) is 50.0 Å². The highest BCUT2D eigenvalue weighted by atomic mass is 32.2. The van der Waals surface area contributed by atoms with E-state index < -0.39 is 9.84 Å². The SMILES string of the molecule is CC1CCC(CN)C(S(=O)(=O)CC2CCCC2)C1. The van der Waals surface area contributed by atoms with E-state index in [1.165, 1.54) is 12.8 Å². The first-order valence-corrected chi connectivity index (χ1v) is 9.16. The number of rotatable bonds is 4. The highest BCUT2D eigenvalue weighted by Gasteiger charge is 2.38. The fourth-order valence-corrected chi connectivity index (χ4v) is 6.42. The molecule has 0 radical (unpaired) electrons. The van der Waals surface area contributed by atoms with Crippen molar-refractivity contribution in [3.63, 3.8) is 0 Å². The maximum atomic E-state index is 12.6. The largest absolute Gasteiger partial charge is 0.330 e. The van der Waals surface area contributed by atoms with Crippen molar-refractivity contribution in [2.75, 3.05) is 12.3 Å². The first kappa shape index (κ1) is 14.3. The second kappa shape index (κ2) is 5.91. The minimum Gasteiger partial charge on any atom is -0.330 e. The first-order valence-electron chi connectivity index (χ1n) is 7.44. The average Bonchev–Trinajstić information content (AvgIpc) is 2.81. The van der Waals surface area contributed by atoms with Crippen molar-refractivity contribution in [3.05, 3.63) is 0 Å². The van der Waals surface area contributed by atoms with E-state index in [4.69, 9.17) is 5.73 Å². The van der Waals surface area contributed by atoms with Gasteiger partial charge in [0, 0.05) is 0 Å². The molecule has 2 fully saturated rings. The lowest BCUT2D eigenvalue weighted by Gasteiger charge is -2.34. The quantitative estimate of drug-likeness (QED) is 0.855. The summed E-state index contributed by atoms with van der Waals surface area (Å²) in [6, 6.07) is 0. The molecule has 0 spiro atoms. The van der Waals surface area contributed by atoms with Crippen molar-refractivity contribution in [1.82, 2.24) is 0 Å². The van der Waals surface area contributed by atoms with Gasteiger partial charge in [0.15, 0.2) is 9.84 Å². The lowest BCUT2D eigenvalue weighted by Crippen LogP contribution is -2.41. The second-order valence-electron chi connectivity index (χ2n) is 6.43. The molecule has 2 aliphatic rings. The van der Waals surface area contributed by atoms with E-state index in [1.807, 2.05) is 0 Å². The van der Waals surface area contributed by atoms with Crippen LogP contribution in [-0.2, 0) is 9.84 Å². The van der Waals surface area contributed by atoms with Gasteiger partial charge in [0.25, 0.3) is 0 Å². The van der Waals surface area contributed by atoms with Crippen LogP contribution in [0.5, 0.6) is 0 Å². The molecule has 2 aliphatic carbocycles.